The second-order valence-corrected chi connectivity index (χ2v) is 8.42. The van der Waals surface area contributed by atoms with Gasteiger partial charge in [0.25, 0.3) is 5.91 Å². The predicted octanol–water partition coefficient (Wildman–Crippen LogP) is 4.57. The maximum Gasteiger partial charge on any atom is 0.287 e. The van der Waals surface area contributed by atoms with Gasteiger partial charge in [-0.3, -0.25) is 4.79 Å². The number of carbonyl (C=O) groups excluding carboxylic acids is 1. The van der Waals surface area contributed by atoms with E-state index in [1.54, 1.807) is 0 Å². The van der Waals surface area contributed by atoms with E-state index in [1.807, 2.05) is 73.3 Å². The van der Waals surface area contributed by atoms with E-state index in [2.05, 4.69) is 34.9 Å². The zero-order valence-corrected chi connectivity index (χ0v) is 17.9. The van der Waals surface area contributed by atoms with Gasteiger partial charge < -0.3 is 15.4 Å². The fourth-order valence-corrected chi connectivity index (χ4v) is 5.03. The monoisotopic (exact) mass is 419 g/mol. The molecule has 0 radical (unpaired) electrons. The number of quaternary nitrogens is 1. The number of carbonyl (C=O) groups is 1. The van der Waals surface area contributed by atoms with Crippen LogP contribution in [-0.2, 0) is 4.79 Å². The Morgan fingerprint density at radius 2 is 1.80 bits per heavy atom. The molecule has 4 rings (SSSR count). The lowest BCUT2D eigenvalue weighted by Crippen LogP contribution is -2.88. The predicted molar refractivity (Wildman–Crippen MR) is 122 cm³/mol. The molecule has 1 aliphatic heterocycles. The van der Waals surface area contributed by atoms with Crippen molar-refractivity contribution in [2.75, 3.05) is 17.7 Å². The third kappa shape index (κ3) is 4.69. The van der Waals surface area contributed by atoms with Gasteiger partial charge in [-0.05, 0) is 25.1 Å². The minimum absolute atomic E-state index is 0.0379. The summed E-state index contributed by atoms with van der Waals surface area (Å²) in [7, 11) is 0. The SMILES string of the molecule is CCOc1ccccc1NC(=O)[C@@H]([NH2+][C@@H]1CCSc2ccccc21)c1ccccc1. The summed E-state index contributed by atoms with van der Waals surface area (Å²) in [4.78, 5) is 14.8. The van der Waals surface area contributed by atoms with Crippen molar-refractivity contribution >= 4 is 23.4 Å². The van der Waals surface area contributed by atoms with Crippen LogP contribution >= 0.6 is 11.8 Å². The van der Waals surface area contributed by atoms with E-state index in [0.717, 1.165) is 17.7 Å². The number of amides is 1. The van der Waals surface area contributed by atoms with Crippen molar-refractivity contribution in [2.45, 2.75) is 30.3 Å². The highest BCUT2D eigenvalue weighted by Gasteiger charge is 2.32. The van der Waals surface area contributed by atoms with Gasteiger partial charge in [0.15, 0.2) is 6.04 Å². The van der Waals surface area contributed by atoms with Crippen LogP contribution in [0.5, 0.6) is 5.75 Å². The molecule has 1 aliphatic rings. The lowest BCUT2D eigenvalue weighted by atomic mass is 9.99. The maximum absolute atomic E-state index is 13.5. The molecule has 154 valence electrons. The van der Waals surface area contributed by atoms with E-state index < -0.39 is 0 Å². The zero-order valence-electron chi connectivity index (χ0n) is 17.1. The van der Waals surface area contributed by atoms with Crippen LogP contribution in [0, 0.1) is 0 Å². The van der Waals surface area contributed by atoms with Crippen LogP contribution in [0.25, 0.3) is 0 Å². The fourth-order valence-electron chi connectivity index (χ4n) is 3.87. The van der Waals surface area contributed by atoms with Crippen molar-refractivity contribution in [1.29, 1.82) is 0 Å². The van der Waals surface area contributed by atoms with Crippen LogP contribution < -0.4 is 15.4 Å². The molecule has 0 aliphatic carbocycles. The summed E-state index contributed by atoms with van der Waals surface area (Å²) in [6.07, 6.45) is 1.04. The normalized spacial score (nSPS) is 16.4. The highest BCUT2D eigenvalue weighted by molar-refractivity contribution is 7.99. The Bertz CT molecular complexity index is 993. The number of nitrogens with one attached hydrogen (secondary N) is 1. The lowest BCUT2D eigenvalue weighted by molar-refractivity contribution is -0.722. The van der Waals surface area contributed by atoms with Crippen LogP contribution in [-0.4, -0.2) is 18.3 Å². The number of fused-ring (bicyclic) bond motifs is 1. The summed E-state index contributed by atoms with van der Waals surface area (Å²) >= 11 is 1.90. The molecule has 1 heterocycles. The number of rotatable bonds is 7. The summed E-state index contributed by atoms with van der Waals surface area (Å²) in [6.45, 7) is 2.50. The molecule has 0 bridgehead atoms. The van der Waals surface area contributed by atoms with Gasteiger partial charge >= 0.3 is 0 Å². The first-order valence-corrected chi connectivity index (χ1v) is 11.4. The van der Waals surface area contributed by atoms with Crippen LogP contribution in [0.4, 0.5) is 5.69 Å². The van der Waals surface area contributed by atoms with Crippen LogP contribution in [0.1, 0.15) is 36.6 Å². The molecule has 0 saturated heterocycles. The summed E-state index contributed by atoms with van der Waals surface area (Å²) in [5, 5.41) is 5.32. The Hall–Kier alpha value is -2.76. The van der Waals surface area contributed by atoms with E-state index >= 15 is 0 Å². The second kappa shape index (κ2) is 9.83. The average Bonchev–Trinajstić information content (AvgIpc) is 2.79. The fraction of sp³-hybridized carbons (Fsp3) is 0.240. The largest absolute Gasteiger partial charge is 0.492 e. The minimum Gasteiger partial charge on any atom is -0.492 e. The molecule has 3 aromatic rings. The first-order valence-electron chi connectivity index (χ1n) is 10.4. The molecule has 0 spiro atoms. The third-order valence-electron chi connectivity index (χ3n) is 5.32. The standard InChI is InChI=1S/C25H26N2O2S/c1-2-29-22-14-8-7-13-21(22)27-25(28)24(18-10-4-3-5-11-18)26-20-16-17-30-23-15-9-6-12-19(20)23/h3-15,20,24,26H,2,16-17H2,1H3,(H,27,28)/p+1/t20-,24+/m1/s1. The minimum atomic E-state index is -0.345. The highest BCUT2D eigenvalue weighted by atomic mass is 32.2. The molecule has 4 nitrogen and oxygen atoms in total. The van der Waals surface area contributed by atoms with Gasteiger partial charge in [0, 0.05) is 28.2 Å². The van der Waals surface area contributed by atoms with E-state index in [0.29, 0.717) is 18.0 Å². The number of thioether (sulfide) groups is 1. The lowest BCUT2D eigenvalue weighted by Gasteiger charge is -2.27. The summed E-state index contributed by atoms with van der Waals surface area (Å²) in [5.41, 5.74) is 3.02. The molecule has 0 unspecified atom stereocenters. The molecule has 0 saturated carbocycles. The van der Waals surface area contributed by atoms with Crippen molar-refractivity contribution in [3.05, 3.63) is 90.0 Å². The Balaban J connectivity index is 1.61. The number of hydrogen-bond acceptors (Lipinski definition) is 3. The van der Waals surface area contributed by atoms with Crippen LogP contribution in [0.3, 0.4) is 0 Å². The molecule has 0 fully saturated rings. The summed E-state index contributed by atoms with van der Waals surface area (Å²) in [6, 6.07) is 26.0. The number of benzene rings is 3. The van der Waals surface area contributed by atoms with E-state index in [-0.39, 0.29) is 18.0 Å². The van der Waals surface area contributed by atoms with Gasteiger partial charge in [-0.25, -0.2) is 0 Å². The van der Waals surface area contributed by atoms with Gasteiger partial charge in [-0.2, -0.15) is 0 Å². The van der Waals surface area contributed by atoms with Crippen molar-refractivity contribution in [3.63, 3.8) is 0 Å². The molecule has 1 amide bonds. The van der Waals surface area contributed by atoms with Gasteiger partial charge in [0.05, 0.1) is 12.3 Å². The molecule has 3 aromatic carbocycles. The van der Waals surface area contributed by atoms with Gasteiger partial charge in [0.2, 0.25) is 0 Å². The number of anilines is 1. The third-order valence-corrected chi connectivity index (χ3v) is 6.44. The highest BCUT2D eigenvalue weighted by Crippen LogP contribution is 2.34. The quantitative estimate of drug-likeness (QED) is 0.590. The molecule has 2 atom stereocenters. The van der Waals surface area contributed by atoms with Crippen LogP contribution in [0.15, 0.2) is 83.8 Å². The van der Waals surface area contributed by atoms with Crippen molar-refractivity contribution in [2.24, 2.45) is 0 Å². The molecule has 0 aromatic heterocycles. The number of ether oxygens (including phenoxy) is 1. The van der Waals surface area contributed by atoms with Gasteiger partial charge in [0.1, 0.15) is 11.8 Å². The second-order valence-electron chi connectivity index (χ2n) is 7.28. The maximum atomic E-state index is 13.5. The van der Waals surface area contributed by atoms with Crippen molar-refractivity contribution in [1.82, 2.24) is 0 Å². The number of hydrogen-bond donors (Lipinski definition) is 2. The Morgan fingerprint density at radius 1 is 1.07 bits per heavy atom. The molecule has 5 heteroatoms. The molecule has 3 N–H and O–H groups in total. The van der Waals surface area contributed by atoms with Gasteiger partial charge in [-0.1, -0.05) is 60.7 Å². The topological polar surface area (TPSA) is 54.9 Å². The average molecular weight is 420 g/mol. The van der Waals surface area contributed by atoms with Crippen molar-refractivity contribution in [3.8, 4) is 5.75 Å². The van der Waals surface area contributed by atoms with E-state index in [9.17, 15) is 4.79 Å². The van der Waals surface area contributed by atoms with E-state index in [1.165, 1.54) is 10.5 Å². The van der Waals surface area contributed by atoms with Gasteiger partial charge in [-0.15, -0.1) is 11.8 Å². The first kappa shape index (κ1) is 20.5. The number of nitrogens with two attached hydrogens (primary N) is 1. The Kier molecular flexibility index (Phi) is 6.72. The molecule has 30 heavy (non-hydrogen) atoms. The Labute approximate surface area is 182 Å². The molecular weight excluding hydrogens is 392 g/mol. The zero-order chi connectivity index (χ0) is 20.8. The smallest absolute Gasteiger partial charge is 0.287 e. The summed E-state index contributed by atoms with van der Waals surface area (Å²) < 4.78 is 5.69. The summed E-state index contributed by atoms with van der Waals surface area (Å²) in [5.74, 6) is 1.72. The van der Waals surface area contributed by atoms with Crippen molar-refractivity contribution < 1.29 is 14.8 Å². The first-order chi connectivity index (χ1) is 14.8. The van der Waals surface area contributed by atoms with E-state index in [4.69, 9.17) is 4.74 Å². The number of para-hydroxylation sites is 2. The van der Waals surface area contributed by atoms with Crippen LogP contribution in [0.2, 0.25) is 0 Å². The Morgan fingerprint density at radius 3 is 2.63 bits per heavy atom. The molecular formula is C25H27N2O2S+.